The largest absolute Gasteiger partial charge is 0.468 e. The molecule has 1 saturated carbocycles. The molecule has 148 valence electrons. The monoisotopic (exact) mass is 379 g/mol. The fraction of sp³-hybridized carbons (Fsp3) is 0.812. The summed E-state index contributed by atoms with van der Waals surface area (Å²) in [6.07, 6.45) is -2.16. The van der Waals surface area contributed by atoms with E-state index < -0.39 is 49.4 Å². The first-order chi connectivity index (χ1) is 12.0. The van der Waals surface area contributed by atoms with Crippen LogP contribution in [0.4, 0.5) is 18.0 Å². The Morgan fingerprint density at radius 3 is 2.38 bits per heavy atom. The predicted molar refractivity (Wildman–Crippen MR) is 84.8 cm³/mol. The fourth-order valence-corrected chi connectivity index (χ4v) is 3.94. The van der Waals surface area contributed by atoms with Crippen molar-refractivity contribution in [3.05, 3.63) is 0 Å². The van der Waals surface area contributed by atoms with Gasteiger partial charge < -0.3 is 10.1 Å². The zero-order chi connectivity index (χ0) is 19.7. The van der Waals surface area contributed by atoms with Crippen molar-refractivity contribution in [2.24, 2.45) is 11.8 Å². The lowest BCUT2D eigenvalue weighted by Crippen LogP contribution is -2.59. The van der Waals surface area contributed by atoms with Crippen molar-refractivity contribution in [2.45, 2.75) is 44.8 Å². The number of esters is 1. The van der Waals surface area contributed by atoms with Crippen molar-refractivity contribution in [3.8, 4) is 0 Å². The molecule has 0 radical (unpaired) electrons. The van der Waals surface area contributed by atoms with Crippen LogP contribution in [0, 0.1) is 11.8 Å². The molecule has 2 atom stereocenters. The number of carbonyl (C=O) groups is 3. The molecule has 0 unspecified atom stereocenters. The van der Waals surface area contributed by atoms with Gasteiger partial charge in [0.15, 0.2) is 0 Å². The highest BCUT2D eigenvalue weighted by atomic mass is 19.4. The molecule has 0 aromatic carbocycles. The van der Waals surface area contributed by atoms with E-state index >= 15 is 0 Å². The molecule has 2 aliphatic rings. The highest BCUT2D eigenvalue weighted by Crippen LogP contribution is 2.42. The highest BCUT2D eigenvalue weighted by molar-refractivity contribution is 6.07. The molecule has 7 nitrogen and oxygen atoms in total. The molecule has 1 aliphatic carbocycles. The quantitative estimate of drug-likeness (QED) is 0.581. The second-order valence-corrected chi connectivity index (χ2v) is 7.09. The number of nitrogens with zero attached hydrogens (tertiary/aromatic N) is 2. The Kier molecular flexibility index (Phi) is 5.84. The average Bonchev–Trinajstić information content (AvgIpc) is 2.77. The van der Waals surface area contributed by atoms with Gasteiger partial charge in [-0.2, -0.15) is 13.2 Å². The average molecular weight is 379 g/mol. The van der Waals surface area contributed by atoms with Gasteiger partial charge in [-0.15, -0.1) is 0 Å². The maximum atomic E-state index is 13.0. The zero-order valence-corrected chi connectivity index (χ0v) is 15.1. The minimum absolute atomic E-state index is 0.121. The van der Waals surface area contributed by atoms with Gasteiger partial charge in [-0.3, -0.25) is 14.5 Å². The lowest BCUT2D eigenvalue weighted by Gasteiger charge is -2.42. The first-order valence-electron chi connectivity index (χ1n) is 8.51. The standard InChI is InChI=1S/C16H24F3N3O4/c1-10-5-4-6-11(2)16(10)13(24)22(14(25)20-16)9-21(7-12(23)26-3)8-15(17,18)19/h10-11H,4-9H2,1-3H3,(H,20,25)/t10-,11-/m1/s1. The third kappa shape index (κ3) is 3.94. The SMILES string of the molecule is COC(=O)CN(CN1C(=O)NC2(C1=O)[C@H](C)CCC[C@H]2C)CC(F)(F)F. The Labute approximate surface area is 149 Å². The van der Waals surface area contributed by atoms with E-state index in [1.165, 1.54) is 0 Å². The van der Waals surface area contributed by atoms with Crippen LogP contribution in [-0.2, 0) is 14.3 Å². The van der Waals surface area contributed by atoms with E-state index in [9.17, 15) is 27.6 Å². The third-order valence-corrected chi connectivity index (χ3v) is 5.31. The van der Waals surface area contributed by atoms with Crippen LogP contribution in [0.15, 0.2) is 0 Å². The van der Waals surface area contributed by atoms with Crippen LogP contribution in [0.25, 0.3) is 0 Å². The number of ether oxygens (including phenoxy) is 1. The second kappa shape index (κ2) is 7.42. The summed E-state index contributed by atoms with van der Waals surface area (Å²) in [5, 5.41) is 2.72. The summed E-state index contributed by atoms with van der Waals surface area (Å²) in [6.45, 7) is 0.988. The normalized spacial score (nSPS) is 25.7. The first-order valence-corrected chi connectivity index (χ1v) is 8.51. The molecule has 26 heavy (non-hydrogen) atoms. The summed E-state index contributed by atoms with van der Waals surface area (Å²) in [6, 6.07) is -0.729. The summed E-state index contributed by atoms with van der Waals surface area (Å²) in [7, 11) is 1.06. The number of carbonyl (C=O) groups excluding carboxylic acids is 3. The molecular weight excluding hydrogens is 355 g/mol. The van der Waals surface area contributed by atoms with Gasteiger partial charge in [-0.25, -0.2) is 9.69 Å². The van der Waals surface area contributed by atoms with E-state index in [-0.39, 0.29) is 11.8 Å². The van der Waals surface area contributed by atoms with E-state index in [1.54, 1.807) is 0 Å². The van der Waals surface area contributed by atoms with Gasteiger partial charge in [-0.1, -0.05) is 20.3 Å². The third-order valence-electron chi connectivity index (χ3n) is 5.31. The molecular formula is C16H24F3N3O4. The van der Waals surface area contributed by atoms with Gasteiger partial charge in [0.05, 0.1) is 26.9 Å². The Hall–Kier alpha value is -1.84. The molecule has 3 amide bonds. The molecule has 0 aromatic rings. The number of urea groups is 1. The van der Waals surface area contributed by atoms with Crippen LogP contribution in [0.3, 0.4) is 0 Å². The molecule has 10 heteroatoms. The minimum atomic E-state index is -4.59. The summed E-state index contributed by atoms with van der Waals surface area (Å²) < 4.78 is 42.8. The van der Waals surface area contributed by atoms with E-state index in [0.29, 0.717) is 4.90 Å². The number of rotatable bonds is 5. The molecule has 0 bridgehead atoms. The molecule has 1 N–H and O–H groups in total. The van der Waals surface area contributed by atoms with Gasteiger partial charge in [0, 0.05) is 0 Å². The minimum Gasteiger partial charge on any atom is -0.468 e. The second-order valence-electron chi connectivity index (χ2n) is 7.09. The topological polar surface area (TPSA) is 79.0 Å². The smallest absolute Gasteiger partial charge is 0.401 e. The molecule has 2 rings (SSSR count). The summed E-state index contributed by atoms with van der Waals surface area (Å²) in [4.78, 5) is 38.2. The van der Waals surface area contributed by atoms with Gasteiger partial charge in [-0.05, 0) is 24.7 Å². The maximum absolute atomic E-state index is 13.0. The molecule has 1 aliphatic heterocycles. The summed E-state index contributed by atoms with van der Waals surface area (Å²) in [5.41, 5.74) is -1.09. The number of imide groups is 1. The zero-order valence-electron chi connectivity index (χ0n) is 15.1. The Morgan fingerprint density at radius 1 is 1.31 bits per heavy atom. The summed E-state index contributed by atoms with van der Waals surface area (Å²) in [5.74, 6) is -1.65. The Bertz CT molecular complexity index is 572. The van der Waals surface area contributed by atoms with Crippen molar-refractivity contribution in [1.29, 1.82) is 0 Å². The van der Waals surface area contributed by atoms with E-state index in [1.807, 2.05) is 13.8 Å². The predicted octanol–water partition coefficient (Wildman–Crippen LogP) is 1.73. The van der Waals surface area contributed by atoms with E-state index in [0.717, 1.165) is 31.3 Å². The maximum Gasteiger partial charge on any atom is 0.401 e. The Morgan fingerprint density at radius 2 is 1.88 bits per heavy atom. The van der Waals surface area contributed by atoms with Crippen LogP contribution >= 0.6 is 0 Å². The van der Waals surface area contributed by atoms with Gasteiger partial charge in [0.1, 0.15) is 5.54 Å². The molecule has 1 saturated heterocycles. The molecule has 1 heterocycles. The first kappa shape index (κ1) is 20.5. The van der Waals surface area contributed by atoms with Gasteiger partial charge in [0.2, 0.25) is 0 Å². The van der Waals surface area contributed by atoms with E-state index in [4.69, 9.17) is 0 Å². The highest BCUT2D eigenvalue weighted by Gasteiger charge is 2.58. The number of halogens is 3. The van der Waals surface area contributed by atoms with Crippen LogP contribution in [0.5, 0.6) is 0 Å². The van der Waals surface area contributed by atoms with Crippen LogP contribution in [0.1, 0.15) is 33.1 Å². The van der Waals surface area contributed by atoms with Crippen molar-refractivity contribution in [3.63, 3.8) is 0 Å². The van der Waals surface area contributed by atoms with Crippen molar-refractivity contribution < 1.29 is 32.3 Å². The number of alkyl halides is 3. The summed E-state index contributed by atoms with van der Waals surface area (Å²) >= 11 is 0. The lowest BCUT2D eigenvalue weighted by atomic mass is 9.67. The lowest BCUT2D eigenvalue weighted by molar-refractivity contribution is -0.161. The van der Waals surface area contributed by atoms with Gasteiger partial charge in [0.25, 0.3) is 5.91 Å². The van der Waals surface area contributed by atoms with Crippen molar-refractivity contribution in [1.82, 2.24) is 15.1 Å². The van der Waals surface area contributed by atoms with E-state index in [2.05, 4.69) is 10.1 Å². The van der Waals surface area contributed by atoms with Gasteiger partial charge >= 0.3 is 18.2 Å². The number of amides is 3. The van der Waals surface area contributed by atoms with Crippen LogP contribution in [-0.4, -0.2) is 66.3 Å². The molecule has 2 fully saturated rings. The molecule has 0 aromatic heterocycles. The Balaban J connectivity index is 2.21. The van der Waals surface area contributed by atoms with Crippen molar-refractivity contribution in [2.75, 3.05) is 26.9 Å². The fourth-order valence-electron chi connectivity index (χ4n) is 3.94. The number of hydrogen-bond donors (Lipinski definition) is 1. The number of nitrogens with one attached hydrogen (secondary N) is 1. The van der Waals surface area contributed by atoms with Crippen molar-refractivity contribution >= 4 is 17.9 Å². The van der Waals surface area contributed by atoms with Crippen LogP contribution < -0.4 is 5.32 Å². The number of methoxy groups -OCH3 is 1. The number of hydrogen-bond acceptors (Lipinski definition) is 5. The molecule has 1 spiro atoms. The van der Waals surface area contributed by atoms with Crippen LogP contribution in [0.2, 0.25) is 0 Å².